The maximum absolute atomic E-state index is 10.4. The lowest BCUT2D eigenvalue weighted by molar-refractivity contribution is 0.172. The molecule has 0 aliphatic heterocycles. The number of benzene rings is 1. The van der Waals surface area contributed by atoms with Crippen LogP contribution in [0.4, 0.5) is 0 Å². The predicted molar refractivity (Wildman–Crippen MR) is 81.2 cm³/mol. The molecular formula is C17H16N2O2. The van der Waals surface area contributed by atoms with E-state index in [9.17, 15) is 5.11 Å². The number of hydrogen-bond donors (Lipinski definition) is 1. The van der Waals surface area contributed by atoms with Gasteiger partial charge in [-0.05, 0) is 24.3 Å². The number of aromatic nitrogens is 2. The van der Waals surface area contributed by atoms with Crippen LogP contribution in [-0.2, 0) is 6.42 Å². The molecule has 2 heterocycles. The van der Waals surface area contributed by atoms with Crippen molar-refractivity contribution < 1.29 is 9.84 Å². The number of ether oxygens (including phenoxy) is 1. The van der Waals surface area contributed by atoms with Crippen molar-refractivity contribution in [3.05, 3.63) is 66.0 Å². The summed E-state index contributed by atoms with van der Waals surface area (Å²) in [5.74, 6) is 0.450. The second-order valence-electron chi connectivity index (χ2n) is 4.82. The van der Waals surface area contributed by atoms with Crippen LogP contribution in [0, 0.1) is 0 Å². The number of rotatable bonds is 4. The second kappa shape index (κ2) is 5.89. The third kappa shape index (κ3) is 2.85. The number of para-hydroxylation sites is 1. The molecule has 1 atom stereocenters. The second-order valence-corrected chi connectivity index (χ2v) is 4.82. The summed E-state index contributed by atoms with van der Waals surface area (Å²) in [6.07, 6.45) is 1.37. The third-order valence-corrected chi connectivity index (χ3v) is 3.41. The number of methoxy groups -OCH3 is 1. The zero-order chi connectivity index (χ0) is 14.7. The first kappa shape index (κ1) is 13.5. The summed E-state index contributed by atoms with van der Waals surface area (Å²) in [5.41, 5.74) is 2.45. The number of hydrogen-bond acceptors (Lipinski definition) is 4. The van der Waals surface area contributed by atoms with Crippen LogP contribution in [-0.4, -0.2) is 22.2 Å². The smallest absolute Gasteiger partial charge is 0.218 e. The summed E-state index contributed by atoms with van der Waals surface area (Å²) in [4.78, 5) is 8.68. The normalized spacial score (nSPS) is 12.3. The van der Waals surface area contributed by atoms with Crippen molar-refractivity contribution in [3.63, 3.8) is 0 Å². The van der Waals surface area contributed by atoms with Crippen molar-refractivity contribution in [1.29, 1.82) is 0 Å². The zero-order valence-corrected chi connectivity index (χ0v) is 11.7. The maximum atomic E-state index is 10.4. The van der Waals surface area contributed by atoms with Gasteiger partial charge in [-0.3, -0.25) is 4.98 Å². The molecule has 0 saturated heterocycles. The van der Waals surface area contributed by atoms with Crippen molar-refractivity contribution in [2.75, 3.05) is 7.11 Å². The maximum Gasteiger partial charge on any atom is 0.218 e. The Balaban J connectivity index is 1.87. The van der Waals surface area contributed by atoms with Crippen molar-refractivity contribution in [1.82, 2.24) is 9.97 Å². The largest absolute Gasteiger partial charge is 0.481 e. The van der Waals surface area contributed by atoms with Gasteiger partial charge in [0.2, 0.25) is 5.88 Å². The molecule has 21 heavy (non-hydrogen) atoms. The van der Waals surface area contributed by atoms with Gasteiger partial charge in [0.1, 0.15) is 0 Å². The van der Waals surface area contributed by atoms with Crippen LogP contribution < -0.4 is 4.74 Å². The van der Waals surface area contributed by atoms with Crippen LogP contribution in [0.1, 0.15) is 17.4 Å². The predicted octanol–water partition coefficient (Wildman–Crippen LogP) is 2.91. The van der Waals surface area contributed by atoms with Crippen LogP contribution in [0.3, 0.4) is 0 Å². The monoisotopic (exact) mass is 280 g/mol. The minimum absolute atomic E-state index is 0.423. The summed E-state index contributed by atoms with van der Waals surface area (Å²) < 4.78 is 5.18. The Bertz CT molecular complexity index is 758. The number of pyridine rings is 2. The quantitative estimate of drug-likeness (QED) is 0.798. The van der Waals surface area contributed by atoms with E-state index < -0.39 is 6.10 Å². The molecule has 106 valence electrons. The zero-order valence-electron chi connectivity index (χ0n) is 11.7. The lowest BCUT2D eigenvalue weighted by Crippen LogP contribution is -2.06. The van der Waals surface area contributed by atoms with E-state index in [2.05, 4.69) is 9.97 Å². The van der Waals surface area contributed by atoms with Gasteiger partial charge in [-0.15, -0.1) is 0 Å². The number of aliphatic hydroxyl groups excluding tert-OH is 1. The fraction of sp³-hybridized carbons (Fsp3) is 0.176. The van der Waals surface area contributed by atoms with E-state index in [0.29, 0.717) is 17.9 Å². The van der Waals surface area contributed by atoms with Crippen LogP contribution in [0.25, 0.3) is 10.9 Å². The third-order valence-electron chi connectivity index (χ3n) is 3.41. The number of fused-ring (bicyclic) bond motifs is 1. The Morgan fingerprint density at radius 2 is 1.95 bits per heavy atom. The molecule has 3 rings (SSSR count). The highest BCUT2D eigenvalue weighted by atomic mass is 16.5. The highest BCUT2D eigenvalue weighted by Crippen LogP contribution is 2.25. The first-order valence-electron chi connectivity index (χ1n) is 6.79. The summed E-state index contributed by atoms with van der Waals surface area (Å²) in [5, 5.41) is 11.5. The van der Waals surface area contributed by atoms with Gasteiger partial charge in [-0.25, -0.2) is 4.98 Å². The minimum Gasteiger partial charge on any atom is -0.481 e. The highest BCUT2D eigenvalue weighted by Gasteiger charge is 2.15. The van der Waals surface area contributed by atoms with Crippen molar-refractivity contribution in [2.24, 2.45) is 0 Å². The average Bonchev–Trinajstić information content (AvgIpc) is 2.54. The molecule has 1 unspecified atom stereocenters. The molecule has 3 aromatic rings. The molecule has 2 aromatic heterocycles. The Morgan fingerprint density at radius 3 is 2.81 bits per heavy atom. The van der Waals surface area contributed by atoms with Crippen molar-refractivity contribution >= 4 is 10.9 Å². The summed E-state index contributed by atoms with van der Waals surface area (Å²) >= 11 is 0. The van der Waals surface area contributed by atoms with Crippen molar-refractivity contribution in [3.8, 4) is 5.88 Å². The van der Waals surface area contributed by atoms with Gasteiger partial charge >= 0.3 is 0 Å². The van der Waals surface area contributed by atoms with Crippen LogP contribution in [0.2, 0.25) is 0 Å². The molecule has 1 aromatic carbocycles. The molecule has 4 heteroatoms. The van der Waals surface area contributed by atoms with E-state index in [-0.39, 0.29) is 0 Å². The molecular weight excluding hydrogens is 264 g/mol. The van der Waals surface area contributed by atoms with E-state index in [1.54, 1.807) is 19.4 Å². The number of nitrogens with zero attached hydrogens (tertiary/aromatic N) is 2. The van der Waals surface area contributed by atoms with E-state index in [1.165, 1.54) is 0 Å². The van der Waals surface area contributed by atoms with Gasteiger partial charge in [0.25, 0.3) is 0 Å². The van der Waals surface area contributed by atoms with E-state index >= 15 is 0 Å². The fourth-order valence-corrected chi connectivity index (χ4v) is 2.36. The lowest BCUT2D eigenvalue weighted by atomic mass is 10.1. The molecule has 1 N–H and O–H groups in total. The Kier molecular flexibility index (Phi) is 3.79. The molecule has 0 bridgehead atoms. The average molecular weight is 280 g/mol. The molecule has 0 fully saturated rings. The van der Waals surface area contributed by atoms with Gasteiger partial charge in [-0.2, -0.15) is 0 Å². The first-order valence-corrected chi connectivity index (χ1v) is 6.79. The van der Waals surface area contributed by atoms with Gasteiger partial charge in [0.15, 0.2) is 0 Å². The van der Waals surface area contributed by atoms with Gasteiger partial charge in [0, 0.05) is 29.3 Å². The molecule has 0 saturated carbocycles. The van der Waals surface area contributed by atoms with Gasteiger partial charge in [-0.1, -0.05) is 24.3 Å². The van der Waals surface area contributed by atoms with E-state index in [0.717, 1.165) is 16.6 Å². The Labute approximate surface area is 123 Å². The molecule has 0 amide bonds. The lowest BCUT2D eigenvalue weighted by Gasteiger charge is -2.13. The molecule has 0 aliphatic rings. The molecule has 0 aliphatic carbocycles. The van der Waals surface area contributed by atoms with E-state index in [1.807, 2.05) is 42.5 Å². The SMILES string of the molecule is COc1ncccc1C(O)Cc1ccc2ccccc2n1. The van der Waals surface area contributed by atoms with Crippen LogP contribution >= 0.6 is 0 Å². The topological polar surface area (TPSA) is 55.2 Å². The molecule has 0 radical (unpaired) electrons. The highest BCUT2D eigenvalue weighted by molar-refractivity contribution is 5.78. The molecule has 4 nitrogen and oxygen atoms in total. The Morgan fingerprint density at radius 1 is 1.10 bits per heavy atom. The molecule has 0 spiro atoms. The minimum atomic E-state index is -0.692. The van der Waals surface area contributed by atoms with E-state index in [4.69, 9.17) is 4.74 Å². The Hall–Kier alpha value is -2.46. The number of aliphatic hydroxyl groups is 1. The van der Waals surface area contributed by atoms with Crippen LogP contribution in [0.5, 0.6) is 5.88 Å². The van der Waals surface area contributed by atoms with Crippen molar-refractivity contribution in [2.45, 2.75) is 12.5 Å². The van der Waals surface area contributed by atoms with Crippen LogP contribution in [0.15, 0.2) is 54.7 Å². The van der Waals surface area contributed by atoms with Gasteiger partial charge in [0.05, 0.1) is 18.7 Å². The summed E-state index contributed by atoms with van der Waals surface area (Å²) in [6, 6.07) is 15.5. The van der Waals surface area contributed by atoms with Gasteiger partial charge < -0.3 is 9.84 Å². The summed E-state index contributed by atoms with van der Waals surface area (Å²) in [6.45, 7) is 0. The fourth-order valence-electron chi connectivity index (χ4n) is 2.36. The standard InChI is InChI=1S/C17H16N2O2/c1-21-17-14(6-4-10-18-17)16(20)11-13-9-8-12-5-2-3-7-15(12)19-13/h2-10,16,20H,11H2,1H3. The first-order chi connectivity index (χ1) is 10.3. The summed E-state index contributed by atoms with van der Waals surface area (Å²) in [7, 11) is 1.55.